The molecule has 88 valence electrons. The number of aromatic nitrogens is 1. The van der Waals surface area contributed by atoms with Crippen LogP contribution < -0.4 is 4.74 Å². The molecule has 1 aromatic heterocycles. The van der Waals surface area contributed by atoms with Crippen LogP contribution in [0.5, 0.6) is 11.6 Å². The molecule has 3 aromatic rings. The summed E-state index contributed by atoms with van der Waals surface area (Å²) in [4.78, 5) is 4.38. The number of para-hydroxylation sites is 1. The van der Waals surface area contributed by atoms with Gasteiger partial charge in [-0.05, 0) is 36.4 Å². The lowest BCUT2D eigenvalue weighted by atomic mass is 10.2. The molecule has 1 heterocycles. The predicted octanol–water partition coefficient (Wildman–Crippen LogP) is 4.17. The average molecular weight is 239 g/mol. The maximum Gasteiger partial charge on any atom is 0.219 e. The highest BCUT2D eigenvalue weighted by atomic mass is 19.1. The Hall–Kier alpha value is -2.42. The van der Waals surface area contributed by atoms with E-state index in [1.165, 1.54) is 12.1 Å². The lowest BCUT2D eigenvalue weighted by Gasteiger charge is -2.05. The van der Waals surface area contributed by atoms with Crippen molar-refractivity contribution >= 4 is 10.9 Å². The van der Waals surface area contributed by atoms with E-state index >= 15 is 0 Å². The van der Waals surface area contributed by atoms with Gasteiger partial charge in [0.15, 0.2) is 0 Å². The zero-order valence-electron chi connectivity index (χ0n) is 9.51. The topological polar surface area (TPSA) is 22.1 Å². The molecule has 0 saturated carbocycles. The van der Waals surface area contributed by atoms with Crippen LogP contribution in [0.25, 0.3) is 10.9 Å². The highest BCUT2D eigenvalue weighted by molar-refractivity contribution is 5.78. The molecule has 0 radical (unpaired) electrons. The summed E-state index contributed by atoms with van der Waals surface area (Å²) in [5.74, 6) is 0.785. The molecule has 0 atom stereocenters. The molecule has 0 aliphatic rings. The van der Waals surface area contributed by atoms with Crippen molar-refractivity contribution in [2.75, 3.05) is 0 Å². The highest BCUT2D eigenvalue weighted by Crippen LogP contribution is 2.22. The standard InChI is InChI=1S/C15H10FNO/c16-12-6-8-13(9-7-12)18-15-10-5-11-3-1-2-4-14(11)17-15/h1-10H. The number of ether oxygens (including phenoxy) is 1. The first-order chi connectivity index (χ1) is 8.81. The lowest BCUT2D eigenvalue weighted by molar-refractivity contribution is 0.463. The third kappa shape index (κ3) is 2.15. The molecular formula is C15H10FNO. The molecule has 0 fully saturated rings. The molecule has 3 heteroatoms. The zero-order valence-corrected chi connectivity index (χ0v) is 9.51. The zero-order chi connectivity index (χ0) is 12.4. The Labute approximate surface area is 104 Å². The molecule has 0 amide bonds. The van der Waals surface area contributed by atoms with Gasteiger partial charge < -0.3 is 4.74 Å². The Bertz CT molecular complexity index is 679. The number of nitrogens with zero attached hydrogens (tertiary/aromatic N) is 1. The third-order valence-electron chi connectivity index (χ3n) is 2.61. The van der Waals surface area contributed by atoms with E-state index in [0.29, 0.717) is 11.6 Å². The molecule has 18 heavy (non-hydrogen) atoms. The van der Waals surface area contributed by atoms with Gasteiger partial charge in [0.05, 0.1) is 5.52 Å². The van der Waals surface area contributed by atoms with E-state index in [1.807, 2.05) is 30.3 Å². The van der Waals surface area contributed by atoms with Crippen LogP contribution in [0, 0.1) is 5.82 Å². The van der Waals surface area contributed by atoms with Crippen LogP contribution in [0.3, 0.4) is 0 Å². The SMILES string of the molecule is Fc1ccc(Oc2ccc3ccccc3n2)cc1. The van der Waals surface area contributed by atoms with E-state index in [1.54, 1.807) is 18.2 Å². The Balaban J connectivity index is 1.92. The number of hydrogen-bond donors (Lipinski definition) is 0. The third-order valence-corrected chi connectivity index (χ3v) is 2.61. The fourth-order valence-electron chi connectivity index (χ4n) is 1.73. The quantitative estimate of drug-likeness (QED) is 0.669. The normalized spacial score (nSPS) is 10.5. The van der Waals surface area contributed by atoms with E-state index < -0.39 is 0 Å². The Morgan fingerprint density at radius 1 is 0.833 bits per heavy atom. The molecule has 0 bridgehead atoms. The smallest absolute Gasteiger partial charge is 0.219 e. The molecular weight excluding hydrogens is 229 g/mol. The van der Waals surface area contributed by atoms with Gasteiger partial charge in [-0.1, -0.05) is 18.2 Å². The van der Waals surface area contributed by atoms with E-state index in [9.17, 15) is 4.39 Å². The van der Waals surface area contributed by atoms with Crippen molar-refractivity contribution in [3.63, 3.8) is 0 Å². The summed E-state index contributed by atoms with van der Waals surface area (Å²) >= 11 is 0. The van der Waals surface area contributed by atoms with Gasteiger partial charge in [-0.3, -0.25) is 0 Å². The number of hydrogen-bond acceptors (Lipinski definition) is 2. The first-order valence-electron chi connectivity index (χ1n) is 5.60. The molecule has 2 nitrogen and oxygen atoms in total. The van der Waals surface area contributed by atoms with Crippen LogP contribution in [-0.4, -0.2) is 4.98 Å². The largest absolute Gasteiger partial charge is 0.439 e. The van der Waals surface area contributed by atoms with Gasteiger partial charge in [0, 0.05) is 11.5 Å². The van der Waals surface area contributed by atoms with E-state index in [4.69, 9.17) is 4.74 Å². The summed E-state index contributed by atoms with van der Waals surface area (Å²) in [6.45, 7) is 0. The van der Waals surface area contributed by atoms with Crippen LogP contribution in [0.1, 0.15) is 0 Å². The maximum atomic E-state index is 12.8. The molecule has 3 rings (SSSR count). The van der Waals surface area contributed by atoms with Crippen molar-refractivity contribution < 1.29 is 9.13 Å². The van der Waals surface area contributed by atoms with Gasteiger partial charge >= 0.3 is 0 Å². The monoisotopic (exact) mass is 239 g/mol. The van der Waals surface area contributed by atoms with Crippen molar-refractivity contribution in [1.82, 2.24) is 4.98 Å². The van der Waals surface area contributed by atoms with Crippen molar-refractivity contribution in [2.45, 2.75) is 0 Å². The second-order valence-corrected chi connectivity index (χ2v) is 3.90. The summed E-state index contributed by atoms with van der Waals surface area (Å²) in [7, 11) is 0. The van der Waals surface area contributed by atoms with Crippen molar-refractivity contribution in [2.24, 2.45) is 0 Å². The first-order valence-corrected chi connectivity index (χ1v) is 5.60. The summed E-state index contributed by atoms with van der Waals surface area (Å²) in [5, 5.41) is 1.06. The molecule has 0 saturated heterocycles. The number of rotatable bonds is 2. The van der Waals surface area contributed by atoms with Crippen molar-refractivity contribution in [3.05, 3.63) is 66.5 Å². The van der Waals surface area contributed by atoms with Crippen LogP contribution in [0.15, 0.2) is 60.7 Å². The maximum absolute atomic E-state index is 12.8. The van der Waals surface area contributed by atoms with Gasteiger partial charge in [-0.25, -0.2) is 9.37 Å². The van der Waals surface area contributed by atoms with Gasteiger partial charge in [-0.2, -0.15) is 0 Å². The summed E-state index contributed by atoms with van der Waals surface area (Å²) in [6, 6.07) is 17.4. The molecule has 0 aliphatic carbocycles. The number of fused-ring (bicyclic) bond motifs is 1. The van der Waals surface area contributed by atoms with Crippen LogP contribution in [-0.2, 0) is 0 Å². The van der Waals surface area contributed by atoms with E-state index in [2.05, 4.69) is 4.98 Å². The lowest BCUT2D eigenvalue weighted by Crippen LogP contribution is -1.88. The number of benzene rings is 2. The number of pyridine rings is 1. The first kappa shape index (κ1) is 10.7. The van der Waals surface area contributed by atoms with E-state index in [0.717, 1.165) is 10.9 Å². The summed E-state index contributed by atoms with van der Waals surface area (Å²) < 4.78 is 18.3. The highest BCUT2D eigenvalue weighted by Gasteiger charge is 2.00. The second kappa shape index (κ2) is 4.45. The van der Waals surface area contributed by atoms with Gasteiger partial charge in [0.2, 0.25) is 5.88 Å². The summed E-state index contributed by atoms with van der Waals surface area (Å²) in [6.07, 6.45) is 0. The van der Waals surface area contributed by atoms with Crippen molar-refractivity contribution in [1.29, 1.82) is 0 Å². The van der Waals surface area contributed by atoms with Gasteiger partial charge in [0.1, 0.15) is 11.6 Å². The van der Waals surface area contributed by atoms with Crippen LogP contribution in [0.2, 0.25) is 0 Å². The fraction of sp³-hybridized carbons (Fsp3) is 0. The summed E-state index contributed by atoms with van der Waals surface area (Å²) in [5.41, 5.74) is 0.872. The molecule has 0 N–H and O–H groups in total. The minimum absolute atomic E-state index is 0.283. The van der Waals surface area contributed by atoms with E-state index in [-0.39, 0.29) is 5.82 Å². The van der Waals surface area contributed by atoms with Crippen molar-refractivity contribution in [3.8, 4) is 11.6 Å². The van der Waals surface area contributed by atoms with Crippen LogP contribution >= 0.6 is 0 Å². The molecule has 0 spiro atoms. The molecule has 2 aromatic carbocycles. The average Bonchev–Trinajstić information content (AvgIpc) is 2.41. The number of halogens is 1. The second-order valence-electron chi connectivity index (χ2n) is 3.90. The minimum Gasteiger partial charge on any atom is -0.439 e. The predicted molar refractivity (Wildman–Crippen MR) is 68.2 cm³/mol. The minimum atomic E-state index is -0.283. The molecule has 0 aliphatic heterocycles. The fourth-order valence-corrected chi connectivity index (χ4v) is 1.73. The Kier molecular flexibility index (Phi) is 2.65. The van der Waals surface area contributed by atoms with Crippen LogP contribution in [0.4, 0.5) is 4.39 Å². The van der Waals surface area contributed by atoms with Gasteiger partial charge in [-0.15, -0.1) is 0 Å². The Morgan fingerprint density at radius 3 is 2.44 bits per heavy atom. The van der Waals surface area contributed by atoms with Gasteiger partial charge in [0.25, 0.3) is 0 Å². The Morgan fingerprint density at radius 2 is 1.61 bits per heavy atom. The molecule has 0 unspecified atom stereocenters.